The first kappa shape index (κ1) is 14.4. The van der Waals surface area contributed by atoms with Gasteiger partial charge in [-0.25, -0.2) is 4.98 Å². The van der Waals surface area contributed by atoms with Crippen LogP contribution in [0, 0.1) is 15.5 Å². The lowest BCUT2D eigenvalue weighted by Gasteiger charge is -2.26. The second kappa shape index (κ2) is 5.76. The molecule has 0 aliphatic heterocycles. The fourth-order valence-corrected chi connectivity index (χ4v) is 2.18. The highest BCUT2D eigenvalue weighted by atomic mass is 32.1. The molecule has 0 saturated heterocycles. The minimum absolute atomic E-state index is 0.0635. The number of nitrogens with one attached hydrogen (secondary N) is 1. The van der Waals surface area contributed by atoms with Gasteiger partial charge in [0.05, 0.1) is 10.3 Å². The van der Waals surface area contributed by atoms with E-state index in [1.165, 1.54) is 0 Å². The molecule has 2 N–H and O–H groups in total. The minimum atomic E-state index is -0.869. The van der Waals surface area contributed by atoms with Gasteiger partial charge in [-0.1, -0.05) is 13.8 Å². The van der Waals surface area contributed by atoms with Gasteiger partial charge in [-0.2, -0.15) is 0 Å². The maximum atomic E-state index is 11.3. The number of nitrogens with zero attached hydrogens (tertiary/aromatic N) is 2. The topological polar surface area (TPSA) is 105 Å². The van der Waals surface area contributed by atoms with E-state index in [0.717, 1.165) is 17.5 Å². The van der Waals surface area contributed by atoms with E-state index in [-0.39, 0.29) is 11.5 Å². The first-order valence-electron chi connectivity index (χ1n) is 5.52. The number of carboxylic acid groups (broad SMARTS) is 1. The summed E-state index contributed by atoms with van der Waals surface area (Å²) in [4.78, 5) is 25.1. The van der Waals surface area contributed by atoms with Gasteiger partial charge in [0.25, 0.3) is 0 Å². The number of aliphatic carboxylic acids is 1. The lowest BCUT2D eigenvalue weighted by Crippen LogP contribution is -2.36. The summed E-state index contributed by atoms with van der Waals surface area (Å²) in [6.07, 6.45) is 2.13. The summed E-state index contributed by atoms with van der Waals surface area (Å²) in [5, 5.41) is 22.9. The fourth-order valence-electron chi connectivity index (χ4n) is 1.55. The molecule has 0 amide bonds. The zero-order valence-electron chi connectivity index (χ0n) is 10.2. The van der Waals surface area contributed by atoms with Crippen LogP contribution in [0.2, 0.25) is 0 Å². The van der Waals surface area contributed by atoms with E-state index in [1.54, 1.807) is 0 Å². The van der Waals surface area contributed by atoms with Crippen LogP contribution in [0.4, 0.5) is 10.1 Å². The molecule has 0 spiro atoms. The maximum Gasteiger partial charge on any atom is 0.345 e. The van der Waals surface area contributed by atoms with Crippen LogP contribution in [-0.2, 0) is 4.79 Å². The van der Waals surface area contributed by atoms with E-state index in [4.69, 9.17) is 0 Å². The quantitative estimate of drug-likeness (QED) is 0.583. The highest BCUT2D eigenvalue weighted by Crippen LogP contribution is 2.30. The van der Waals surface area contributed by atoms with Crippen LogP contribution in [0.1, 0.15) is 26.7 Å². The third kappa shape index (κ3) is 2.95. The Morgan fingerprint density at radius 2 is 2.22 bits per heavy atom. The third-order valence-corrected chi connectivity index (χ3v) is 3.97. The average Bonchev–Trinajstić information content (AvgIpc) is 2.79. The van der Waals surface area contributed by atoms with Crippen molar-refractivity contribution in [1.29, 1.82) is 0 Å². The highest BCUT2D eigenvalue weighted by molar-refractivity contribution is 7.18. The number of carboxylic acids is 1. The predicted molar refractivity (Wildman–Crippen MR) is 67.9 cm³/mol. The van der Waals surface area contributed by atoms with Crippen molar-refractivity contribution in [3.63, 3.8) is 0 Å². The molecular weight excluding hydrogens is 258 g/mol. The maximum absolute atomic E-state index is 11.3. The Bertz CT molecular complexity index is 442. The number of hydrogen-bond donors (Lipinski definition) is 2. The van der Waals surface area contributed by atoms with E-state index < -0.39 is 16.3 Å². The Labute approximate surface area is 108 Å². The highest BCUT2D eigenvalue weighted by Gasteiger charge is 2.34. The Hall–Kier alpha value is -1.70. The summed E-state index contributed by atoms with van der Waals surface area (Å²) < 4.78 is 0. The lowest BCUT2D eigenvalue weighted by atomic mass is 9.82. The average molecular weight is 273 g/mol. The van der Waals surface area contributed by atoms with Gasteiger partial charge in [0.15, 0.2) is 5.13 Å². The molecule has 0 atom stereocenters. The molecule has 8 heteroatoms. The van der Waals surface area contributed by atoms with Crippen LogP contribution >= 0.6 is 11.3 Å². The third-order valence-electron chi connectivity index (χ3n) is 3.06. The van der Waals surface area contributed by atoms with Gasteiger partial charge in [-0.05, 0) is 24.2 Å². The van der Waals surface area contributed by atoms with Crippen LogP contribution < -0.4 is 5.32 Å². The van der Waals surface area contributed by atoms with Crippen molar-refractivity contribution in [1.82, 2.24) is 4.98 Å². The molecule has 0 saturated carbocycles. The van der Waals surface area contributed by atoms with E-state index in [2.05, 4.69) is 10.3 Å². The second-order valence-corrected chi connectivity index (χ2v) is 4.92. The first-order chi connectivity index (χ1) is 8.45. The van der Waals surface area contributed by atoms with Crippen molar-refractivity contribution in [3.8, 4) is 0 Å². The largest absolute Gasteiger partial charge is 0.481 e. The molecule has 0 unspecified atom stereocenters. The van der Waals surface area contributed by atoms with Crippen molar-refractivity contribution in [2.24, 2.45) is 5.41 Å². The molecule has 7 nitrogen and oxygen atoms in total. The van der Waals surface area contributed by atoms with E-state index in [9.17, 15) is 20.0 Å². The van der Waals surface area contributed by atoms with E-state index in [0.29, 0.717) is 18.0 Å². The molecule has 0 aromatic carbocycles. The van der Waals surface area contributed by atoms with Gasteiger partial charge in [-0.15, -0.1) is 0 Å². The first-order valence-corrected chi connectivity index (χ1v) is 6.34. The van der Waals surface area contributed by atoms with Crippen molar-refractivity contribution in [3.05, 3.63) is 16.3 Å². The minimum Gasteiger partial charge on any atom is -0.481 e. The van der Waals surface area contributed by atoms with Crippen molar-refractivity contribution in [2.45, 2.75) is 26.7 Å². The van der Waals surface area contributed by atoms with Crippen LogP contribution in [0.3, 0.4) is 0 Å². The Morgan fingerprint density at radius 1 is 1.61 bits per heavy atom. The number of rotatable bonds is 7. The Kier molecular flexibility index (Phi) is 4.60. The number of carbonyl (C=O) groups is 1. The molecule has 0 aliphatic carbocycles. The number of hydrogen-bond acceptors (Lipinski definition) is 6. The van der Waals surface area contributed by atoms with Gasteiger partial charge >= 0.3 is 11.0 Å². The van der Waals surface area contributed by atoms with Crippen molar-refractivity contribution >= 4 is 27.4 Å². The summed E-state index contributed by atoms with van der Waals surface area (Å²) in [7, 11) is 0. The van der Waals surface area contributed by atoms with E-state index >= 15 is 0 Å². The zero-order valence-corrected chi connectivity index (χ0v) is 11.0. The van der Waals surface area contributed by atoms with Crippen LogP contribution in [0.25, 0.3) is 0 Å². The Balaban J connectivity index is 2.73. The molecular formula is C10H15N3O4S. The summed E-state index contributed by atoms with van der Waals surface area (Å²) in [6.45, 7) is 3.83. The molecule has 1 heterocycles. The molecule has 0 fully saturated rings. The zero-order chi connectivity index (χ0) is 13.8. The molecule has 18 heavy (non-hydrogen) atoms. The SMILES string of the molecule is CCC(CC)(CNc1ncc([N+](=O)[O-])s1)C(=O)O. The number of anilines is 1. The predicted octanol–water partition coefficient (Wildman–Crippen LogP) is 2.35. The van der Waals surface area contributed by atoms with Crippen LogP contribution in [-0.4, -0.2) is 27.5 Å². The van der Waals surface area contributed by atoms with Gasteiger partial charge in [0, 0.05) is 6.54 Å². The smallest absolute Gasteiger partial charge is 0.345 e. The molecule has 0 radical (unpaired) electrons. The molecule has 1 rings (SSSR count). The number of nitro groups is 1. The summed E-state index contributed by atoms with van der Waals surface area (Å²) in [5.41, 5.74) is -0.861. The Morgan fingerprint density at radius 3 is 2.61 bits per heavy atom. The van der Waals surface area contributed by atoms with E-state index in [1.807, 2.05) is 13.8 Å². The molecule has 1 aromatic rings. The molecule has 1 aromatic heterocycles. The monoisotopic (exact) mass is 273 g/mol. The summed E-state index contributed by atoms with van der Waals surface area (Å²) in [5.74, 6) is -0.869. The standard InChI is InChI=1S/C10H15N3O4S/c1-3-10(4-2,8(14)15)6-12-9-11-5-7(18-9)13(16)17/h5H,3-4,6H2,1-2H3,(H,11,12)(H,14,15). The van der Waals surface area contributed by atoms with Gasteiger partial charge in [-0.3, -0.25) is 14.9 Å². The molecule has 0 bridgehead atoms. The van der Waals surface area contributed by atoms with Crippen LogP contribution in [0.5, 0.6) is 0 Å². The van der Waals surface area contributed by atoms with Crippen molar-refractivity contribution < 1.29 is 14.8 Å². The molecule has 100 valence electrons. The van der Waals surface area contributed by atoms with Crippen molar-refractivity contribution in [2.75, 3.05) is 11.9 Å². The summed E-state index contributed by atoms with van der Waals surface area (Å²) >= 11 is 0.900. The number of aromatic nitrogens is 1. The normalized spacial score (nSPS) is 11.2. The fraction of sp³-hybridized carbons (Fsp3) is 0.600. The molecule has 0 aliphatic rings. The second-order valence-electron chi connectivity index (χ2n) is 3.91. The van der Waals surface area contributed by atoms with Crippen LogP contribution in [0.15, 0.2) is 6.20 Å². The van der Waals surface area contributed by atoms with Gasteiger partial charge in [0.2, 0.25) is 0 Å². The number of thiazole rings is 1. The van der Waals surface area contributed by atoms with Gasteiger partial charge in [0.1, 0.15) is 6.20 Å². The lowest BCUT2D eigenvalue weighted by molar-refractivity contribution is -0.380. The van der Waals surface area contributed by atoms with Gasteiger partial charge < -0.3 is 10.4 Å². The summed E-state index contributed by atoms with van der Waals surface area (Å²) in [6, 6.07) is 0.